The molecule has 0 saturated heterocycles. The van der Waals surface area contributed by atoms with Crippen LogP contribution >= 0.6 is 15.9 Å². The van der Waals surface area contributed by atoms with Crippen molar-refractivity contribution >= 4 is 32.7 Å². The minimum atomic E-state index is -0.367. The molecule has 0 amide bonds. The van der Waals surface area contributed by atoms with E-state index >= 15 is 0 Å². The first-order valence-corrected chi connectivity index (χ1v) is 6.00. The van der Waals surface area contributed by atoms with Gasteiger partial charge < -0.3 is 0 Å². The first-order chi connectivity index (χ1) is 7.39. The third kappa shape index (κ3) is 1.92. The van der Waals surface area contributed by atoms with Gasteiger partial charge in [-0.2, -0.15) is 0 Å². The Morgan fingerprint density at radius 2 is 1.94 bits per heavy atom. The van der Waals surface area contributed by atoms with Crippen LogP contribution in [0.2, 0.25) is 0 Å². The highest BCUT2D eigenvalue weighted by Gasteiger charge is 2.23. The standard InChI is InChI=1S/C13H14BrNO/c1-13(2,3)12(16)15-7-6-9-4-5-10(14)8-11(9)15/h4-8H,1-3H3. The molecule has 0 saturated carbocycles. The first-order valence-electron chi connectivity index (χ1n) is 5.21. The summed E-state index contributed by atoms with van der Waals surface area (Å²) in [6, 6.07) is 7.92. The molecule has 2 rings (SSSR count). The van der Waals surface area contributed by atoms with Gasteiger partial charge in [-0.3, -0.25) is 9.36 Å². The fourth-order valence-corrected chi connectivity index (χ4v) is 1.99. The van der Waals surface area contributed by atoms with Crippen molar-refractivity contribution in [3.05, 3.63) is 34.9 Å². The number of halogens is 1. The highest BCUT2D eigenvalue weighted by Crippen LogP contribution is 2.24. The van der Waals surface area contributed by atoms with Gasteiger partial charge in [0, 0.05) is 21.5 Å². The molecule has 16 heavy (non-hydrogen) atoms. The van der Waals surface area contributed by atoms with E-state index in [0.29, 0.717) is 0 Å². The Hall–Kier alpha value is -1.09. The molecule has 3 heteroatoms. The zero-order chi connectivity index (χ0) is 11.9. The minimum absolute atomic E-state index is 0.112. The normalized spacial score (nSPS) is 12.0. The van der Waals surface area contributed by atoms with Gasteiger partial charge in [0.05, 0.1) is 5.52 Å². The van der Waals surface area contributed by atoms with E-state index in [4.69, 9.17) is 0 Å². The van der Waals surface area contributed by atoms with E-state index in [-0.39, 0.29) is 11.3 Å². The van der Waals surface area contributed by atoms with Gasteiger partial charge in [-0.1, -0.05) is 42.8 Å². The minimum Gasteiger partial charge on any atom is -0.287 e. The molecule has 0 atom stereocenters. The molecule has 0 unspecified atom stereocenters. The van der Waals surface area contributed by atoms with Gasteiger partial charge in [-0.05, 0) is 18.2 Å². The second-order valence-electron chi connectivity index (χ2n) is 4.94. The van der Waals surface area contributed by atoms with Crippen LogP contribution in [0.25, 0.3) is 10.9 Å². The molecule has 0 radical (unpaired) electrons. The van der Waals surface area contributed by atoms with Crippen LogP contribution in [0.5, 0.6) is 0 Å². The Kier molecular flexibility index (Phi) is 2.66. The summed E-state index contributed by atoms with van der Waals surface area (Å²) in [4.78, 5) is 12.2. The van der Waals surface area contributed by atoms with E-state index in [0.717, 1.165) is 15.4 Å². The van der Waals surface area contributed by atoms with Gasteiger partial charge >= 0.3 is 0 Å². The van der Waals surface area contributed by atoms with Gasteiger partial charge in [0.15, 0.2) is 0 Å². The number of carbonyl (C=O) groups excluding carboxylic acids is 1. The van der Waals surface area contributed by atoms with Crippen molar-refractivity contribution < 1.29 is 4.79 Å². The Morgan fingerprint density at radius 3 is 2.56 bits per heavy atom. The Balaban J connectivity index is 2.62. The number of nitrogens with zero attached hydrogens (tertiary/aromatic N) is 1. The number of hydrogen-bond acceptors (Lipinski definition) is 1. The molecule has 84 valence electrons. The van der Waals surface area contributed by atoms with Gasteiger partial charge in [0.25, 0.3) is 0 Å². The molecular formula is C13H14BrNO. The number of carbonyl (C=O) groups is 1. The van der Waals surface area contributed by atoms with E-state index in [1.807, 2.05) is 51.2 Å². The number of aromatic nitrogens is 1. The molecule has 1 aromatic carbocycles. The van der Waals surface area contributed by atoms with Crippen LogP contribution in [-0.2, 0) is 0 Å². The van der Waals surface area contributed by atoms with E-state index in [9.17, 15) is 4.79 Å². The van der Waals surface area contributed by atoms with Crippen molar-refractivity contribution in [3.63, 3.8) is 0 Å². The van der Waals surface area contributed by atoms with Crippen molar-refractivity contribution in [1.82, 2.24) is 4.57 Å². The highest BCUT2D eigenvalue weighted by atomic mass is 79.9. The quantitative estimate of drug-likeness (QED) is 0.712. The second-order valence-corrected chi connectivity index (χ2v) is 5.86. The van der Waals surface area contributed by atoms with Crippen molar-refractivity contribution in [2.24, 2.45) is 5.41 Å². The number of rotatable bonds is 0. The van der Waals surface area contributed by atoms with Crippen molar-refractivity contribution in [2.45, 2.75) is 20.8 Å². The molecule has 1 aromatic heterocycles. The van der Waals surface area contributed by atoms with Crippen molar-refractivity contribution in [1.29, 1.82) is 0 Å². The van der Waals surface area contributed by atoms with Crippen molar-refractivity contribution in [3.8, 4) is 0 Å². The lowest BCUT2D eigenvalue weighted by Gasteiger charge is -2.17. The molecule has 0 bridgehead atoms. The van der Waals surface area contributed by atoms with Gasteiger partial charge in [0.2, 0.25) is 5.91 Å². The zero-order valence-corrected chi connectivity index (χ0v) is 11.2. The summed E-state index contributed by atoms with van der Waals surface area (Å²) in [5, 5.41) is 1.08. The molecule has 2 aromatic rings. The summed E-state index contributed by atoms with van der Waals surface area (Å²) in [6.07, 6.45) is 1.84. The topological polar surface area (TPSA) is 22.0 Å². The largest absolute Gasteiger partial charge is 0.287 e. The number of benzene rings is 1. The lowest BCUT2D eigenvalue weighted by molar-refractivity contribution is 0.0772. The zero-order valence-electron chi connectivity index (χ0n) is 9.62. The maximum atomic E-state index is 12.2. The Bertz CT molecular complexity index is 549. The molecule has 0 aliphatic rings. The summed E-state index contributed by atoms with van der Waals surface area (Å²) >= 11 is 3.43. The Labute approximate surface area is 103 Å². The predicted octanol–water partition coefficient (Wildman–Crippen LogP) is 4.09. The van der Waals surface area contributed by atoms with E-state index < -0.39 is 0 Å². The number of hydrogen-bond donors (Lipinski definition) is 0. The smallest absolute Gasteiger partial charge is 0.236 e. The monoisotopic (exact) mass is 279 g/mol. The van der Waals surface area contributed by atoms with Crippen LogP contribution in [0.3, 0.4) is 0 Å². The molecule has 1 heterocycles. The van der Waals surface area contributed by atoms with E-state index in [1.54, 1.807) is 4.57 Å². The fourth-order valence-electron chi connectivity index (χ4n) is 1.64. The molecule has 0 aliphatic carbocycles. The molecule has 2 nitrogen and oxygen atoms in total. The van der Waals surface area contributed by atoms with Crippen LogP contribution in [0.15, 0.2) is 34.9 Å². The molecule has 0 fully saturated rings. The Morgan fingerprint density at radius 1 is 1.25 bits per heavy atom. The summed E-state index contributed by atoms with van der Waals surface area (Å²) in [5.74, 6) is 0.112. The van der Waals surface area contributed by atoms with E-state index in [1.165, 1.54) is 0 Å². The summed E-state index contributed by atoms with van der Waals surface area (Å²) < 4.78 is 2.71. The number of fused-ring (bicyclic) bond motifs is 1. The third-order valence-corrected chi connectivity index (χ3v) is 3.01. The van der Waals surface area contributed by atoms with E-state index in [2.05, 4.69) is 15.9 Å². The molecule has 0 N–H and O–H groups in total. The summed E-state index contributed by atoms with van der Waals surface area (Å²) in [7, 11) is 0. The third-order valence-electron chi connectivity index (χ3n) is 2.52. The van der Waals surface area contributed by atoms with Gasteiger partial charge in [-0.15, -0.1) is 0 Å². The first kappa shape index (κ1) is 11.4. The molecule has 0 spiro atoms. The second kappa shape index (κ2) is 3.74. The van der Waals surface area contributed by atoms with Crippen molar-refractivity contribution in [2.75, 3.05) is 0 Å². The average Bonchev–Trinajstić information content (AvgIpc) is 2.57. The van der Waals surface area contributed by atoms with Crippen LogP contribution in [0.4, 0.5) is 0 Å². The SMILES string of the molecule is CC(C)(C)C(=O)n1ccc2ccc(Br)cc21. The maximum absolute atomic E-state index is 12.2. The average molecular weight is 280 g/mol. The van der Waals surface area contributed by atoms with Crippen LogP contribution in [0, 0.1) is 5.41 Å². The lowest BCUT2D eigenvalue weighted by atomic mass is 9.95. The predicted molar refractivity (Wildman–Crippen MR) is 69.7 cm³/mol. The summed E-state index contributed by atoms with van der Waals surface area (Å²) in [5.41, 5.74) is 0.586. The van der Waals surface area contributed by atoms with Crippen LogP contribution in [-0.4, -0.2) is 10.5 Å². The van der Waals surface area contributed by atoms with Crippen LogP contribution in [0.1, 0.15) is 25.6 Å². The summed E-state index contributed by atoms with van der Waals surface area (Å²) in [6.45, 7) is 5.79. The maximum Gasteiger partial charge on any atom is 0.236 e. The van der Waals surface area contributed by atoms with Gasteiger partial charge in [0.1, 0.15) is 0 Å². The molecular weight excluding hydrogens is 266 g/mol. The highest BCUT2D eigenvalue weighted by molar-refractivity contribution is 9.10. The lowest BCUT2D eigenvalue weighted by Crippen LogP contribution is -2.25. The van der Waals surface area contributed by atoms with Crippen LogP contribution < -0.4 is 0 Å². The van der Waals surface area contributed by atoms with Gasteiger partial charge in [-0.25, -0.2) is 0 Å². The fraction of sp³-hybridized carbons (Fsp3) is 0.308. The molecule has 0 aliphatic heterocycles.